The molecule has 0 heterocycles. The lowest BCUT2D eigenvalue weighted by molar-refractivity contribution is 0.102. The first-order valence-electron chi connectivity index (χ1n) is 7.55. The van der Waals surface area contributed by atoms with Crippen molar-refractivity contribution in [3.63, 3.8) is 0 Å². The van der Waals surface area contributed by atoms with Crippen LogP contribution in [0.2, 0.25) is 0 Å². The summed E-state index contributed by atoms with van der Waals surface area (Å²) in [5, 5.41) is 2.82. The number of carbonyl (C=O) groups is 1. The standard InChI is InChI=1S/C20H16FNO2/c21-18-8-4-5-9-19(18)24-14-15-10-12-16(13-11-15)20(23)22-17-6-2-1-3-7-17/h1-13H,14H2,(H,22,23). The maximum atomic E-state index is 13.5. The molecule has 3 aromatic carbocycles. The van der Waals surface area contributed by atoms with Crippen LogP contribution in [0.25, 0.3) is 0 Å². The zero-order valence-corrected chi connectivity index (χ0v) is 12.9. The van der Waals surface area contributed by atoms with Crippen molar-refractivity contribution in [2.24, 2.45) is 0 Å². The van der Waals surface area contributed by atoms with Gasteiger partial charge in [-0.1, -0.05) is 42.5 Å². The first-order valence-corrected chi connectivity index (χ1v) is 7.55. The number of amides is 1. The Bertz CT molecular complexity index is 817. The fraction of sp³-hybridized carbons (Fsp3) is 0.0500. The molecule has 0 spiro atoms. The third-order valence-corrected chi connectivity index (χ3v) is 3.48. The van der Waals surface area contributed by atoms with Crippen molar-refractivity contribution < 1.29 is 13.9 Å². The average Bonchev–Trinajstić information content (AvgIpc) is 2.62. The molecule has 1 N–H and O–H groups in total. The van der Waals surface area contributed by atoms with E-state index in [2.05, 4.69) is 5.32 Å². The number of benzene rings is 3. The van der Waals surface area contributed by atoms with Crippen LogP contribution in [0.1, 0.15) is 15.9 Å². The summed E-state index contributed by atoms with van der Waals surface area (Å²) in [6, 6.07) is 22.6. The van der Waals surface area contributed by atoms with Crippen LogP contribution in [-0.2, 0) is 6.61 Å². The van der Waals surface area contributed by atoms with Gasteiger partial charge in [-0.15, -0.1) is 0 Å². The predicted molar refractivity (Wildman–Crippen MR) is 91.6 cm³/mol. The quantitative estimate of drug-likeness (QED) is 0.742. The average molecular weight is 321 g/mol. The Hall–Kier alpha value is -3.14. The molecule has 0 unspecified atom stereocenters. The lowest BCUT2D eigenvalue weighted by atomic mass is 10.1. The molecular formula is C20H16FNO2. The van der Waals surface area contributed by atoms with E-state index in [0.29, 0.717) is 5.56 Å². The highest BCUT2D eigenvalue weighted by Crippen LogP contribution is 2.17. The fourth-order valence-corrected chi connectivity index (χ4v) is 2.20. The summed E-state index contributed by atoms with van der Waals surface area (Å²) in [6.45, 7) is 0.238. The number of ether oxygens (including phenoxy) is 1. The summed E-state index contributed by atoms with van der Waals surface area (Å²) in [5.74, 6) is -0.359. The molecule has 0 radical (unpaired) electrons. The van der Waals surface area contributed by atoms with Gasteiger partial charge in [-0.3, -0.25) is 4.79 Å². The second kappa shape index (κ2) is 7.42. The van der Waals surface area contributed by atoms with Gasteiger partial charge in [0.05, 0.1) is 0 Å². The first kappa shape index (κ1) is 15.7. The molecule has 0 aliphatic carbocycles. The van der Waals surface area contributed by atoms with E-state index in [1.54, 1.807) is 42.5 Å². The molecule has 0 saturated heterocycles. The van der Waals surface area contributed by atoms with Crippen LogP contribution in [0.5, 0.6) is 5.75 Å². The van der Waals surface area contributed by atoms with Gasteiger partial charge in [0.25, 0.3) is 5.91 Å². The van der Waals surface area contributed by atoms with E-state index in [1.807, 2.05) is 30.3 Å². The van der Waals surface area contributed by atoms with E-state index in [4.69, 9.17) is 4.74 Å². The zero-order chi connectivity index (χ0) is 16.8. The topological polar surface area (TPSA) is 38.3 Å². The third-order valence-electron chi connectivity index (χ3n) is 3.48. The summed E-state index contributed by atoms with van der Waals surface area (Å²) in [6.07, 6.45) is 0. The molecule has 24 heavy (non-hydrogen) atoms. The van der Waals surface area contributed by atoms with Crippen molar-refractivity contribution in [2.45, 2.75) is 6.61 Å². The van der Waals surface area contributed by atoms with E-state index < -0.39 is 5.82 Å². The molecule has 0 fully saturated rings. The number of nitrogens with one attached hydrogen (secondary N) is 1. The minimum atomic E-state index is -0.392. The summed E-state index contributed by atoms with van der Waals surface area (Å²) in [5.41, 5.74) is 2.15. The maximum Gasteiger partial charge on any atom is 0.255 e. The molecule has 0 aliphatic rings. The molecule has 0 saturated carbocycles. The monoisotopic (exact) mass is 321 g/mol. The summed E-state index contributed by atoms with van der Waals surface area (Å²) in [4.78, 5) is 12.2. The van der Waals surface area contributed by atoms with E-state index >= 15 is 0 Å². The van der Waals surface area contributed by atoms with Crippen molar-refractivity contribution in [1.29, 1.82) is 0 Å². The molecule has 3 aromatic rings. The first-order chi connectivity index (χ1) is 11.7. The van der Waals surface area contributed by atoms with Gasteiger partial charge in [0.2, 0.25) is 0 Å². The van der Waals surface area contributed by atoms with Gasteiger partial charge < -0.3 is 10.1 Å². The maximum absolute atomic E-state index is 13.5. The van der Waals surface area contributed by atoms with Gasteiger partial charge in [-0.05, 0) is 42.0 Å². The van der Waals surface area contributed by atoms with Gasteiger partial charge >= 0.3 is 0 Å². The minimum absolute atomic E-state index is 0.178. The molecule has 4 heteroatoms. The Labute approximate surface area is 139 Å². The number of para-hydroxylation sites is 2. The summed E-state index contributed by atoms with van der Waals surface area (Å²) in [7, 11) is 0. The lowest BCUT2D eigenvalue weighted by Crippen LogP contribution is -2.11. The minimum Gasteiger partial charge on any atom is -0.486 e. The summed E-state index contributed by atoms with van der Waals surface area (Å²) >= 11 is 0. The van der Waals surface area contributed by atoms with Crippen LogP contribution in [0.15, 0.2) is 78.9 Å². The molecular weight excluding hydrogens is 305 g/mol. The van der Waals surface area contributed by atoms with Crippen LogP contribution in [0, 0.1) is 5.82 Å². The number of hydrogen-bond donors (Lipinski definition) is 1. The van der Waals surface area contributed by atoms with Crippen LogP contribution in [0.3, 0.4) is 0 Å². The molecule has 3 nitrogen and oxygen atoms in total. The molecule has 0 aliphatic heterocycles. The zero-order valence-electron chi connectivity index (χ0n) is 12.9. The van der Waals surface area contributed by atoms with Crippen LogP contribution in [-0.4, -0.2) is 5.91 Å². The number of hydrogen-bond acceptors (Lipinski definition) is 2. The van der Waals surface area contributed by atoms with E-state index in [-0.39, 0.29) is 18.3 Å². The van der Waals surface area contributed by atoms with Crippen molar-refractivity contribution >= 4 is 11.6 Å². The van der Waals surface area contributed by atoms with E-state index in [0.717, 1.165) is 11.3 Å². The SMILES string of the molecule is O=C(Nc1ccccc1)c1ccc(COc2ccccc2F)cc1. The number of halogens is 1. The highest BCUT2D eigenvalue weighted by atomic mass is 19.1. The largest absolute Gasteiger partial charge is 0.486 e. The van der Waals surface area contributed by atoms with Gasteiger partial charge in [-0.2, -0.15) is 0 Å². The Morgan fingerprint density at radius 2 is 1.54 bits per heavy atom. The lowest BCUT2D eigenvalue weighted by Gasteiger charge is -2.08. The Kier molecular flexibility index (Phi) is 4.87. The highest BCUT2D eigenvalue weighted by molar-refractivity contribution is 6.04. The number of rotatable bonds is 5. The number of anilines is 1. The van der Waals surface area contributed by atoms with Crippen LogP contribution in [0.4, 0.5) is 10.1 Å². The van der Waals surface area contributed by atoms with Gasteiger partial charge in [0.15, 0.2) is 11.6 Å². The van der Waals surface area contributed by atoms with Crippen molar-refractivity contribution in [3.05, 3.63) is 95.8 Å². The highest BCUT2D eigenvalue weighted by Gasteiger charge is 2.06. The molecule has 0 atom stereocenters. The van der Waals surface area contributed by atoms with Gasteiger partial charge in [0.1, 0.15) is 6.61 Å². The Morgan fingerprint density at radius 1 is 0.875 bits per heavy atom. The normalized spacial score (nSPS) is 10.2. The summed E-state index contributed by atoms with van der Waals surface area (Å²) < 4.78 is 18.9. The van der Waals surface area contributed by atoms with Gasteiger partial charge in [0, 0.05) is 11.3 Å². The van der Waals surface area contributed by atoms with Crippen molar-refractivity contribution in [2.75, 3.05) is 5.32 Å². The molecule has 0 bridgehead atoms. The second-order valence-corrected chi connectivity index (χ2v) is 5.24. The molecule has 1 amide bonds. The molecule has 3 rings (SSSR count). The van der Waals surface area contributed by atoms with E-state index in [9.17, 15) is 9.18 Å². The Balaban J connectivity index is 1.61. The smallest absolute Gasteiger partial charge is 0.255 e. The molecule has 0 aromatic heterocycles. The predicted octanol–water partition coefficient (Wildman–Crippen LogP) is 4.66. The van der Waals surface area contributed by atoms with E-state index in [1.165, 1.54) is 6.07 Å². The van der Waals surface area contributed by atoms with Crippen molar-refractivity contribution in [3.8, 4) is 5.75 Å². The van der Waals surface area contributed by atoms with Crippen molar-refractivity contribution in [1.82, 2.24) is 0 Å². The third kappa shape index (κ3) is 3.98. The Morgan fingerprint density at radius 3 is 2.25 bits per heavy atom. The fourth-order valence-electron chi connectivity index (χ4n) is 2.20. The molecule has 120 valence electrons. The van der Waals surface area contributed by atoms with Gasteiger partial charge in [-0.25, -0.2) is 4.39 Å². The number of carbonyl (C=O) groups excluding carboxylic acids is 1. The second-order valence-electron chi connectivity index (χ2n) is 5.24. The van der Waals surface area contributed by atoms with Crippen LogP contribution >= 0.6 is 0 Å². The van der Waals surface area contributed by atoms with Crippen LogP contribution < -0.4 is 10.1 Å².